The Morgan fingerprint density at radius 3 is 2.95 bits per heavy atom. The smallest absolute Gasteiger partial charge is 0.336 e. The molecule has 1 aromatic rings. The molecule has 5 heteroatoms. The highest BCUT2D eigenvalue weighted by molar-refractivity contribution is 7.10. The van der Waals surface area contributed by atoms with E-state index in [1.807, 2.05) is 24.4 Å². The van der Waals surface area contributed by atoms with E-state index in [0.29, 0.717) is 18.6 Å². The SMILES string of the molecule is CCOC(=O)C1=C(C)NC2=CCCC(=O)C2C1c1cccs1. The number of allylic oxidation sites excluding steroid dienone is 3. The predicted molar refractivity (Wildman–Crippen MR) is 85.3 cm³/mol. The minimum absolute atomic E-state index is 0.192. The molecule has 2 heterocycles. The van der Waals surface area contributed by atoms with Gasteiger partial charge < -0.3 is 10.1 Å². The van der Waals surface area contributed by atoms with Crippen LogP contribution in [0.1, 0.15) is 37.5 Å². The number of carbonyl (C=O) groups is 2. The van der Waals surface area contributed by atoms with Gasteiger partial charge in [-0.1, -0.05) is 12.1 Å². The predicted octanol–water partition coefficient (Wildman–Crippen LogP) is 3.14. The molecule has 2 unspecified atom stereocenters. The summed E-state index contributed by atoms with van der Waals surface area (Å²) in [6, 6.07) is 3.95. The average molecular weight is 317 g/mol. The van der Waals surface area contributed by atoms with Crippen LogP contribution in [-0.4, -0.2) is 18.4 Å². The van der Waals surface area contributed by atoms with E-state index in [9.17, 15) is 9.59 Å². The standard InChI is InChI=1S/C17H19NO3S/c1-3-21-17(20)14-10(2)18-11-6-4-7-12(19)15(11)16(14)13-8-5-9-22-13/h5-6,8-9,15-16,18H,3-4,7H2,1-2H3. The van der Waals surface area contributed by atoms with Crippen molar-refractivity contribution in [2.24, 2.45) is 5.92 Å². The number of carbonyl (C=O) groups excluding carboxylic acids is 2. The summed E-state index contributed by atoms with van der Waals surface area (Å²) in [7, 11) is 0. The lowest BCUT2D eigenvalue weighted by Crippen LogP contribution is -2.40. The number of ether oxygens (including phenoxy) is 1. The van der Waals surface area contributed by atoms with Crippen LogP contribution in [0.5, 0.6) is 0 Å². The van der Waals surface area contributed by atoms with Crippen molar-refractivity contribution in [2.75, 3.05) is 6.61 Å². The lowest BCUT2D eigenvalue weighted by molar-refractivity contribution is -0.139. The molecule has 0 saturated carbocycles. The lowest BCUT2D eigenvalue weighted by atomic mass is 9.73. The van der Waals surface area contributed by atoms with Gasteiger partial charge in [0.25, 0.3) is 0 Å². The Morgan fingerprint density at radius 2 is 2.27 bits per heavy atom. The molecular weight excluding hydrogens is 298 g/mol. The van der Waals surface area contributed by atoms with Gasteiger partial charge in [-0.05, 0) is 31.7 Å². The second-order valence-electron chi connectivity index (χ2n) is 5.52. The summed E-state index contributed by atoms with van der Waals surface area (Å²) in [5.41, 5.74) is 2.30. The van der Waals surface area contributed by atoms with Crippen LogP contribution in [0.3, 0.4) is 0 Å². The fraction of sp³-hybridized carbons (Fsp3) is 0.412. The molecule has 0 aromatic carbocycles. The minimum Gasteiger partial charge on any atom is -0.463 e. The Bertz CT molecular complexity index is 657. The lowest BCUT2D eigenvalue weighted by Gasteiger charge is -2.37. The van der Waals surface area contributed by atoms with Gasteiger partial charge in [-0.25, -0.2) is 4.79 Å². The molecule has 0 saturated heterocycles. The maximum Gasteiger partial charge on any atom is 0.336 e. The monoisotopic (exact) mass is 317 g/mol. The molecule has 2 atom stereocenters. The zero-order valence-corrected chi connectivity index (χ0v) is 13.5. The van der Waals surface area contributed by atoms with Gasteiger partial charge in [0.05, 0.1) is 18.1 Å². The third-order valence-corrected chi connectivity index (χ3v) is 5.12. The number of hydrogen-bond acceptors (Lipinski definition) is 5. The van der Waals surface area contributed by atoms with Crippen LogP contribution in [0.4, 0.5) is 0 Å². The molecule has 4 nitrogen and oxygen atoms in total. The van der Waals surface area contributed by atoms with Crippen LogP contribution in [0, 0.1) is 5.92 Å². The highest BCUT2D eigenvalue weighted by Gasteiger charge is 2.43. The minimum atomic E-state index is -0.330. The van der Waals surface area contributed by atoms with Crippen LogP contribution in [0.2, 0.25) is 0 Å². The van der Waals surface area contributed by atoms with Gasteiger partial charge >= 0.3 is 5.97 Å². The molecule has 1 aromatic heterocycles. The number of rotatable bonds is 3. The second kappa shape index (κ2) is 6.08. The molecule has 1 aliphatic carbocycles. The molecule has 3 rings (SSSR count). The molecule has 0 amide bonds. The molecule has 116 valence electrons. The van der Waals surface area contributed by atoms with E-state index in [2.05, 4.69) is 11.4 Å². The highest BCUT2D eigenvalue weighted by Crippen LogP contribution is 2.45. The number of Topliss-reactive ketones (excluding diaryl/α,β-unsaturated/α-hetero) is 1. The zero-order valence-electron chi connectivity index (χ0n) is 12.7. The summed E-state index contributed by atoms with van der Waals surface area (Å²) >= 11 is 1.58. The van der Waals surface area contributed by atoms with Gasteiger partial charge in [0.1, 0.15) is 5.78 Å². The Kier molecular flexibility index (Phi) is 4.16. The summed E-state index contributed by atoms with van der Waals surface area (Å²) in [5.74, 6) is -0.670. The molecule has 0 bridgehead atoms. The van der Waals surface area contributed by atoms with Crippen LogP contribution >= 0.6 is 11.3 Å². The molecule has 0 spiro atoms. The Morgan fingerprint density at radius 1 is 1.45 bits per heavy atom. The summed E-state index contributed by atoms with van der Waals surface area (Å²) < 4.78 is 5.23. The maximum atomic E-state index is 12.5. The van der Waals surface area contributed by atoms with Crippen molar-refractivity contribution in [2.45, 2.75) is 32.6 Å². The number of esters is 1. The summed E-state index contributed by atoms with van der Waals surface area (Å²) in [6.07, 6.45) is 3.38. The van der Waals surface area contributed by atoms with Crippen molar-refractivity contribution in [1.82, 2.24) is 5.32 Å². The van der Waals surface area contributed by atoms with Crippen molar-refractivity contribution in [3.8, 4) is 0 Å². The first kappa shape index (κ1) is 15.0. The van der Waals surface area contributed by atoms with E-state index in [0.717, 1.165) is 22.7 Å². The van der Waals surface area contributed by atoms with Gasteiger partial charge in [0, 0.05) is 28.6 Å². The average Bonchev–Trinajstić information content (AvgIpc) is 3.00. The van der Waals surface area contributed by atoms with Crippen LogP contribution in [-0.2, 0) is 14.3 Å². The summed E-state index contributed by atoms with van der Waals surface area (Å²) in [4.78, 5) is 26.0. The summed E-state index contributed by atoms with van der Waals surface area (Å²) in [5, 5.41) is 5.23. The van der Waals surface area contributed by atoms with E-state index >= 15 is 0 Å². The number of hydrogen-bond donors (Lipinski definition) is 1. The molecule has 0 radical (unpaired) electrons. The van der Waals surface area contributed by atoms with E-state index < -0.39 is 0 Å². The van der Waals surface area contributed by atoms with Crippen molar-refractivity contribution in [1.29, 1.82) is 0 Å². The number of thiophene rings is 1. The largest absolute Gasteiger partial charge is 0.463 e. The topological polar surface area (TPSA) is 55.4 Å². The van der Waals surface area contributed by atoms with Crippen LogP contribution in [0.15, 0.2) is 40.6 Å². The normalized spacial score (nSPS) is 24.5. The molecule has 0 fully saturated rings. The first-order valence-corrected chi connectivity index (χ1v) is 8.42. The third-order valence-electron chi connectivity index (χ3n) is 4.16. The Hall–Kier alpha value is -1.88. The zero-order chi connectivity index (χ0) is 15.7. The quantitative estimate of drug-likeness (QED) is 0.870. The van der Waals surface area contributed by atoms with Crippen molar-refractivity contribution in [3.63, 3.8) is 0 Å². The fourth-order valence-corrected chi connectivity index (χ4v) is 4.14. The van der Waals surface area contributed by atoms with Gasteiger partial charge in [-0.3, -0.25) is 4.79 Å². The van der Waals surface area contributed by atoms with Gasteiger partial charge in [-0.2, -0.15) is 0 Å². The summed E-state index contributed by atoms with van der Waals surface area (Å²) in [6.45, 7) is 4.00. The van der Waals surface area contributed by atoms with Crippen molar-refractivity contribution >= 4 is 23.1 Å². The van der Waals surface area contributed by atoms with E-state index in [4.69, 9.17) is 4.74 Å². The van der Waals surface area contributed by atoms with E-state index in [1.165, 1.54) is 0 Å². The van der Waals surface area contributed by atoms with Crippen molar-refractivity contribution in [3.05, 3.63) is 45.4 Å². The van der Waals surface area contributed by atoms with Gasteiger partial charge in [-0.15, -0.1) is 11.3 Å². The van der Waals surface area contributed by atoms with Crippen LogP contribution in [0.25, 0.3) is 0 Å². The Balaban J connectivity index is 2.12. The van der Waals surface area contributed by atoms with Gasteiger partial charge in [0.15, 0.2) is 0 Å². The van der Waals surface area contributed by atoms with E-state index in [-0.39, 0.29) is 23.6 Å². The van der Waals surface area contributed by atoms with E-state index in [1.54, 1.807) is 18.3 Å². The molecule has 2 aliphatic rings. The molecular formula is C17H19NO3S. The highest BCUT2D eigenvalue weighted by atomic mass is 32.1. The number of ketones is 1. The molecule has 1 aliphatic heterocycles. The van der Waals surface area contributed by atoms with Crippen LogP contribution < -0.4 is 5.32 Å². The fourth-order valence-electron chi connectivity index (χ4n) is 3.27. The first-order valence-electron chi connectivity index (χ1n) is 7.54. The maximum absolute atomic E-state index is 12.5. The number of nitrogens with one attached hydrogen (secondary N) is 1. The number of fused-ring (bicyclic) bond motifs is 1. The Labute approximate surface area is 133 Å². The molecule has 1 N–H and O–H groups in total. The second-order valence-corrected chi connectivity index (χ2v) is 6.50. The first-order chi connectivity index (χ1) is 10.6. The third kappa shape index (κ3) is 2.50. The van der Waals surface area contributed by atoms with Crippen molar-refractivity contribution < 1.29 is 14.3 Å². The molecule has 22 heavy (non-hydrogen) atoms. The van der Waals surface area contributed by atoms with Gasteiger partial charge in [0.2, 0.25) is 0 Å².